The van der Waals surface area contributed by atoms with Gasteiger partial charge in [-0.05, 0) is 0 Å². The third kappa shape index (κ3) is 7830. The van der Waals surface area contributed by atoms with Crippen LogP contribution < -0.4 is 25.5 Å². The van der Waals surface area contributed by atoms with Gasteiger partial charge in [-0.2, -0.15) is 0 Å². The van der Waals surface area contributed by atoms with E-state index in [1.54, 1.807) is 41.7 Å². The van der Waals surface area contributed by atoms with Gasteiger partial charge in [-0.15, -0.1) is 33.0 Å². The Hall–Kier alpha value is 0.825. The second-order valence-corrected chi connectivity index (χ2v) is 2.15. The molecule has 0 spiro atoms. The third-order valence-corrected chi connectivity index (χ3v) is 0. The molecule has 19 heavy (non-hydrogen) atoms. The number of rotatable bonds is 0. The minimum absolute atomic E-state index is 0. The first-order valence-corrected chi connectivity index (χ1v) is 6.09. The Morgan fingerprint density at radius 1 is 0.632 bits per heavy atom. The molecule has 0 aromatic carbocycles. The molecule has 0 heterocycles. The van der Waals surface area contributed by atoms with Crippen molar-refractivity contribution < 1.29 is 29.3 Å². The van der Waals surface area contributed by atoms with E-state index in [4.69, 9.17) is 25.5 Å². The normalized spacial score (nSPS) is 5.74. The van der Waals surface area contributed by atoms with Crippen LogP contribution in [0.1, 0.15) is 34.6 Å². The topological polar surface area (TPSA) is 125 Å². The second kappa shape index (κ2) is 128. The zero-order valence-electron chi connectivity index (χ0n) is 13.1. The quantitative estimate of drug-likeness (QED) is 0.422. The van der Waals surface area contributed by atoms with Crippen molar-refractivity contribution in [3.63, 3.8) is 0 Å². The van der Waals surface area contributed by atoms with Gasteiger partial charge in [0.05, 0.1) is 0 Å². The van der Waals surface area contributed by atoms with E-state index in [1.807, 2.05) is 0 Å². The van der Waals surface area contributed by atoms with Crippen LogP contribution in [0.4, 0.5) is 0 Å². The predicted octanol–water partition coefficient (Wildman–Crippen LogP) is -3.83. The summed E-state index contributed by atoms with van der Waals surface area (Å²) >= 11 is 2.08. The molecule has 0 radical (unpaired) electrons. The maximum atomic E-state index is 8.93. The van der Waals surface area contributed by atoms with Gasteiger partial charge < -0.3 is 25.5 Å². The van der Waals surface area contributed by atoms with Crippen molar-refractivity contribution in [1.82, 2.24) is 0 Å². The molecule has 0 rings (SSSR count). The van der Waals surface area contributed by atoms with Gasteiger partial charge in [0, 0.05) is 0 Å². The Morgan fingerprint density at radius 2 is 0.632 bits per heavy atom. The predicted molar refractivity (Wildman–Crippen MR) is 71.2 cm³/mol. The molecule has 0 amide bonds. The standard InChI is InChI=1S/5C2H5O.CH3O.2Al/c5*1-2-3;1-2;;/h5*2H2,1H3;1H3;;/q6*-1;2*+3. The van der Waals surface area contributed by atoms with Gasteiger partial charge in [0.2, 0.25) is 0 Å². The SMILES string of the molecule is CC[O-].CC[O-].CC[O-].CC[O-].CC[O-].C[O][Al+2].[Al+3]. The van der Waals surface area contributed by atoms with Gasteiger partial charge >= 0.3 is 44.9 Å². The Bertz CT molecular complexity index is 40.7. The number of hydrogen-bond donors (Lipinski definition) is 0. The molecule has 0 bridgehead atoms. The summed E-state index contributed by atoms with van der Waals surface area (Å²) in [6.07, 6.45) is 0. The van der Waals surface area contributed by atoms with Crippen LogP contribution in [0.3, 0.4) is 0 Å². The van der Waals surface area contributed by atoms with Gasteiger partial charge in [-0.1, -0.05) is 34.6 Å². The van der Waals surface area contributed by atoms with Crippen molar-refractivity contribution in [2.75, 3.05) is 40.1 Å². The fourth-order valence-electron chi connectivity index (χ4n) is 0. The van der Waals surface area contributed by atoms with Crippen LogP contribution in [-0.4, -0.2) is 74.1 Å². The Morgan fingerprint density at radius 3 is 0.632 bits per heavy atom. The molecular formula is C11H28Al2O6. The average molecular weight is 310 g/mol. The van der Waals surface area contributed by atoms with E-state index in [0.29, 0.717) is 0 Å². The van der Waals surface area contributed by atoms with Gasteiger partial charge in [0.25, 0.3) is 0 Å². The molecule has 0 N–H and O–H groups in total. The fraction of sp³-hybridized carbons (Fsp3) is 1.00. The molecule has 0 aliphatic rings. The first kappa shape index (κ1) is 42.7. The van der Waals surface area contributed by atoms with Gasteiger partial charge in [0.1, 0.15) is 0 Å². The Kier molecular flexibility index (Phi) is 289. The molecule has 0 fully saturated rings. The van der Waals surface area contributed by atoms with Gasteiger partial charge in [0.15, 0.2) is 0 Å². The summed E-state index contributed by atoms with van der Waals surface area (Å²) in [4.78, 5) is 0. The molecule has 0 atom stereocenters. The zero-order chi connectivity index (χ0) is 16.2. The first-order chi connectivity index (χ1) is 8.49. The molecule has 0 saturated carbocycles. The summed E-state index contributed by atoms with van der Waals surface area (Å²) in [5.41, 5.74) is 0. The monoisotopic (exact) mass is 310 g/mol. The summed E-state index contributed by atoms with van der Waals surface area (Å²) in [5.74, 6) is 0. The van der Waals surface area contributed by atoms with Crippen molar-refractivity contribution in [3.05, 3.63) is 0 Å². The summed E-state index contributed by atoms with van der Waals surface area (Å²) in [6, 6.07) is 0. The van der Waals surface area contributed by atoms with E-state index in [-0.39, 0.29) is 50.4 Å². The minimum Gasteiger partial charge on any atom is 3.00 e. The van der Waals surface area contributed by atoms with Crippen molar-refractivity contribution >= 4 is 34.0 Å². The summed E-state index contributed by atoms with van der Waals surface area (Å²) in [5, 5.41) is 44.7. The van der Waals surface area contributed by atoms with Crippen molar-refractivity contribution in [2.45, 2.75) is 34.6 Å². The maximum absolute atomic E-state index is 8.93. The van der Waals surface area contributed by atoms with Crippen molar-refractivity contribution in [3.8, 4) is 0 Å². The molecule has 0 aromatic heterocycles. The van der Waals surface area contributed by atoms with Crippen molar-refractivity contribution in [2.24, 2.45) is 0 Å². The summed E-state index contributed by atoms with van der Waals surface area (Å²) < 4.78 is 4.17. The van der Waals surface area contributed by atoms with E-state index >= 15 is 0 Å². The minimum atomic E-state index is 0. The van der Waals surface area contributed by atoms with Crippen LogP contribution >= 0.6 is 0 Å². The molecule has 8 heteroatoms. The Labute approximate surface area is 138 Å². The van der Waals surface area contributed by atoms with Crippen LogP contribution in [0.2, 0.25) is 0 Å². The van der Waals surface area contributed by atoms with Gasteiger partial charge in [-0.25, -0.2) is 0 Å². The zero-order valence-corrected chi connectivity index (χ0v) is 15.4. The molecule has 0 aromatic rings. The average Bonchev–Trinajstić information content (AvgIpc) is 2.23. The van der Waals surface area contributed by atoms with Crippen LogP contribution in [-0.2, 0) is 3.79 Å². The van der Waals surface area contributed by atoms with E-state index in [9.17, 15) is 0 Å². The molecule has 114 valence electrons. The largest absolute Gasteiger partial charge is 3.00 e. The van der Waals surface area contributed by atoms with E-state index < -0.39 is 0 Å². The van der Waals surface area contributed by atoms with E-state index in [1.165, 1.54) is 0 Å². The van der Waals surface area contributed by atoms with Crippen LogP contribution in [0, 0.1) is 0 Å². The fourth-order valence-corrected chi connectivity index (χ4v) is 0. The molecular weight excluding hydrogens is 282 g/mol. The maximum Gasteiger partial charge on any atom is 3.00 e. The van der Waals surface area contributed by atoms with Crippen LogP contribution in [0.25, 0.3) is 0 Å². The molecule has 0 aliphatic carbocycles. The second-order valence-electron chi connectivity index (χ2n) is 1.68. The molecule has 0 saturated heterocycles. The first-order valence-electron chi connectivity index (χ1n) is 5.62. The van der Waals surface area contributed by atoms with E-state index in [2.05, 4.69) is 20.4 Å². The smallest absolute Gasteiger partial charge is 3.00 e. The molecule has 0 aliphatic heterocycles. The summed E-state index contributed by atoms with van der Waals surface area (Å²) in [6.45, 7) is 7.85. The van der Waals surface area contributed by atoms with Crippen LogP contribution in [0.15, 0.2) is 0 Å². The molecule has 6 nitrogen and oxygen atoms in total. The van der Waals surface area contributed by atoms with E-state index in [0.717, 1.165) is 0 Å². The van der Waals surface area contributed by atoms with Crippen molar-refractivity contribution in [1.29, 1.82) is 0 Å². The Balaban J connectivity index is -0.0000000180. The number of hydrogen-bond acceptors (Lipinski definition) is 6. The molecule has 0 unspecified atom stereocenters. The third-order valence-electron chi connectivity index (χ3n) is 0. The summed E-state index contributed by atoms with van der Waals surface area (Å²) in [7, 11) is 1.59. The van der Waals surface area contributed by atoms with Crippen LogP contribution in [0.5, 0.6) is 0 Å². The van der Waals surface area contributed by atoms with Gasteiger partial charge in [-0.3, -0.25) is 0 Å².